The number of hydrogen-bond donors (Lipinski definition) is 0. The van der Waals surface area contributed by atoms with E-state index in [9.17, 15) is 14.9 Å². The van der Waals surface area contributed by atoms with Gasteiger partial charge in [0.2, 0.25) is 0 Å². The van der Waals surface area contributed by atoms with Gasteiger partial charge in [-0.3, -0.25) is 14.9 Å². The number of carbonyl (C=O) groups is 1. The van der Waals surface area contributed by atoms with Gasteiger partial charge in [0.05, 0.1) is 9.80 Å². The molecule has 0 amide bonds. The average Bonchev–Trinajstić information content (AvgIpc) is 2.77. The summed E-state index contributed by atoms with van der Waals surface area (Å²) in [7, 11) is 0. The fraction of sp³-hybridized carbons (Fsp3) is 0. The summed E-state index contributed by atoms with van der Waals surface area (Å²) in [5.74, 6) is 0.495. The first kappa shape index (κ1) is 11.3. The monoisotopic (exact) mass is 249 g/mol. The van der Waals surface area contributed by atoms with Gasteiger partial charge in [-0.15, -0.1) is 0 Å². The van der Waals surface area contributed by atoms with E-state index >= 15 is 0 Å². The molecule has 0 radical (unpaired) electrons. The van der Waals surface area contributed by atoms with E-state index in [1.165, 1.54) is 35.6 Å². The highest BCUT2D eigenvalue weighted by molar-refractivity contribution is 7.15. The molecule has 2 rings (SSSR count). The Balaban J connectivity index is 2.13. The molecule has 0 N–H and O–H groups in total. The molecule has 1 heterocycles. The van der Waals surface area contributed by atoms with Crippen LogP contribution in [-0.4, -0.2) is 11.2 Å². The largest absolute Gasteiger partial charge is 0.447 e. The van der Waals surface area contributed by atoms with Gasteiger partial charge in [0.1, 0.15) is 5.75 Å². The fourth-order valence-corrected chi connectivity index (χ4v) is 1.90. The number of nitrogens with zero attached hydrogens (tertiary/aromatic N) is 1. The SMILES string of the molecule is O=Cc1ccc(Oc2ccc([N+](=O)[O-])cc2)s1. The van der Waals surface area contributed by atoms with Gasteiger partial charge in [0.25, 0.3) is 5.69 Å². The first-order valence-corrected chi connectivity index (χ1v) is 5.48. The molecule has 2 aromatic rings. The lowest BCUT2D eigenvalue weighted by Crippen LogP contribution is -1.87. The maximum Gasteiger partial charge on any atom is 0.269 e. The number of carbonyl (C=O) groups excluding carboxylic acids is 1. The number of thiophene rings is 1. The van der Waals surface area contributed by atoms with Crippen molar-refractivity contribution in [2.45, 2.75) is 0 Å². The zero-order valence-corrected chi connectivity index (χ0v) is 9.35. The van der Waals surface area contributed by atoms with Gasteiger partial charge < -0.3 is 4.74 Å². The predicted molar refractivity (Wildman–Crippen MR) is 62.9 cm³/mol. The highest BCUT2D eigenvalue weighted by atomic mass is 32.1. The summed E-state index contributed by atoms with van der Waals surface area (Å²) in [5.41, 5.74) is 0.0112. The van der Waals surface area contributed by atoms with Crippen LogP contribution in [0, 0.1) is 10.1 Å². The normalized spacial score (nSPS) is 9.88. The summed E-state index contributed by atoms with van der Waals surface area (Å²) < 4.78 is 5.43. The summed E-state index contributed by atoms with van der Waals surface area (Å²) in [6, 6.07) is 9.08. The number of benzene rings is 1. The third-order valence-corrected chi connectivity index (χ3v) is 2.87. The Morgan fingerprint density at radius 2 is 1.88 bits per heavy atom. The number of aldehydes is 1. The van der Waals surface area contributed by atoms with E-state index < -0.39 is 4.92 Å². The molecule has 17 heavy (non-hydrogen) atoms. The van der Waals surface area contributed by atoms with Crippen molar-refractivity contribution in [3.63, 3.8) is 0 Å². The molecule has 1 aromatic carbocycles. The Labute approximate surface area is 100 Å². The molecule has 0 spiro atoms. The Morgan fingerprint density at radius 1 is 1.18 bits per heavy atom. The minimum atomic E-state index is -0.473. The summed E-state index contributed by atoms with van der Waals surface area (Å²) >= 11 is 1.21. The third-order valence-electron chi connectivity index (χ3n) is 1.98. The lowest BCUT2D eigenvalue weighted by atomic mass is 10.3. The van der Waals surface area contributed by atoms with Crippen molar-refractivity contribution in [3.05, 3.63) is 51.4 Å². The summed E-state index contributed by atoms with van der Waals surface area (Å²) in [6.45, 7) is 0. The van der Waals surface area contributed by atoms with Crippen LogP contribution in [0.2, 0.25) is 0 Å². The molecule has 0 fully saturated rings. The fourth-order valence-electron chi connectivity index (χ4n) is 1.20. The van der Waals surface area contributed by atoms with Gasteiger partial charge in [0.15, 0.2) is 11.3 Å². The zero-order chi connectivity index (χ0) is 12.3. The van der Waals surface area contributed by atoms with Gasteiger partial charge in [-0.05, 0) is 24.3 Å². The Bertz CT molecular complexity index is 547. The van der Waals surface area contributed by atoms with Crippen molar-refractivity contribution in [1.29, 1.82) is 0 Å². The Morgan fingerprint density at radius 3 is 2.41 bits per heavy atom. The van der Waals surface area contributed by atoms with E-state index in [4.69, 9.17) is 4.74 Å². The van der Waals surface area contributed by atoms with Crippen LogP contribution in [0.4, 0.5) is 5.69 Å². The van der Waals surface area contributed by atoms with Crippen LogP contribution < -0.4 is 4.74 Å². The lowest BCUT2D eigenvalue weighted by Gasteiger charge is -2.01. The van der Waals surface area contributed by atoms with E-state index in [1.807, 2.05) is 0 Å². The second-order valence-electron chi connectivity index (χ2n) is 3.13. The van der Waals surface area contributed by atoms with Crippen molar-refractivity contribution < 1.29 is 14.5 Å². The van der Waals surface area contributed by atoms with Gasteiger partial charge >= 0.3 is 0 Å². The highest BCUT2D eigenvalue weighted by Gasteiger charge is 2.06. The molecule has 0 unspecified atom stereocenters. The minimum absolute atomic E-state index is 0.0112. The molecule has 0 saturated carbocycles. The van der Waals surface area contributed by atoms with Crippen LogP contribution in [-0.2, 0) is 0 Å². The van der Waals surface area contributed by atoms with Gasteiger partial charge in [0, 0.05) is 12.1 Å². The van der Waals surface area contributed by atoms with E-state index in [-0.39, 0.29) is 5.69 Å². The first-order chi connectivity index (χ1) is 8.19. The smallest absolute Gasteiger partial charge is 0.269 e. The third kappa shape index (κ3) is 2.67. The maximum absolute atomic E-state index is 10.5. The number of ether oxygens (including phenoxy) is 1. The number of nitro groups is 1. The Hall–Kier alpha value is -2.21. The van der Waals surface area contributed by atoms with Crippen molar-refractivity contribution in [3.8, 4) is 10.8 Å². The highest BCUT2D eigenvalue weighted by Crippen LogP contribution is 2.29. The van der Waals surface area contributed by atoms with E-state index in [2.05, 4.69) is 0 Å². The zero-order valence-electron chi connectivity index (χ0n) is 8.53. The molecule has 0 aliphatic heterocycles. The van der Waals surface area contributed by atoms with Crippen LogP contribution >= 0.6 is 11.3 Å². The quantitative estimate of drug-likeness (QED) is 0.473. The second kappa shape index (κ2) is 4.75. The van der Waals surface area contributed by atoms with Crippen LogP contribution in [0.25, 0.3) is 0 Å². The van der Waals surface area contributed by atoms with E-state index in [0.29, 0.717) is 15.7 Å². The molecule has 6 heteroatoms. The molecule has 0 bridgehead atoms. The molecular weight excluding hydrogens is 242 g/mol. The molecule has 0 atom stereocenters. The average molecular weight is 249 g/mol. The summed E-state index contributed by atoms with van der Waals surface area (Å²) in [4.78, 5) is 21.0. The van der Waals surface area contributed by atoms with Crippen LogP contribution in [0.3, 0.4) is 0 Å². The lowest BCUT2D eigenvalue weighted by molar-refractivity contribution is -0.384. The van der Waals surface area contributed by atoms with E-state index in [0.717, 1.165) is 6.29 Å². The number of rotatable bonds is 4. The van der Waals surface area contributed by atoms with Crippen LogP contribution in [0.1, 0.15) is 9.67 Å². The predicted octanol–water partition coefficient (Wildman–Crippen LogP) is 3.26. The molecule has 0 aliphatic carbocycles. The molecule has 86 valence electrons. The number of hydrogen-bond acceptors (Lipinski definition) is 5. The van der Waals surface area contributed by atoms with Crippen LogP contribution in [0.15, 0.2) is 36.4 Å². The number of non-ortho nitro benzene ring substituents is 1. The number of nitro benzene ring substituents is 1. The molecule has 1 aromatic heterocycles. The standard InChI is InChI=1S/C11H7NO4S/c13-7-10-5-6-11(17-10)16-9-3-1-8(2-4-9)12(14)15/h1-7H. The van der Waals surface area contributed by atoms with Gasteiger partial charge in [-0.1, -0.05) is 11.3 Å². The van der Waals surface area contributed by atoms with Crippen LogP contribution in [0.5, 0.6) is 10.8 Å². The minimum Gasteiger partial charge on any atom is -0.447 e. The molecule has 5 nitrogen and oxygen atoms in total. The molecular formula is C11H7NO4S. The molecule has 0 aliphatic rings. The summed E-state index contributed by atoms with van der Waals surface area (Å²) in [5, 5.41) is 11.0. The maximum atomic E-state index is 10.5. The van der Waals surface area contributed by atoms with Gasteiger partial charge in [-0.25, -0.2) is 0 Å². The summed E-state index contributed by atoms with van der Waals surface area (Å²) in [6.07, 6.45) is 0.743. The van der Waals surface area contributed by atoms with Crippen molar-refractivity contribution in [2.24, 2.45) is 0 Å². The van der Waals surface area contributed by atoms with Gasteiger partial charge in [-0.2, -0.15) is 0 Å². The van der Waals surface area contributed by atoms with Crippen molar-refractivity contribution in [2.75, 3.05) is 0 Å². The first-order valence-electron chi connectivity index (χ1n) is 4.66. The van der Waals surface area contributed by atoms with E-state index in [1.54, 1.807) is 12.1 Å². The van der Waals surface area contributed by atoms with Crippen molar-refractivity contribution in [1.82, 2.24) is 0 Å². The topological polar surface area (TPSA) is 69.4 Å². The van der Waals surface area contributed by atoms with Crippen molar-refractivity contribution >= 4 is 23.3 Å². The Kier molecular flexibility index (Phi) is 3.15. The second-order valence-corrected chi connectivity index (χ2v) is 4.21. The molecule has 0 saturated heterocycles.